The van der Waals surface area contributed by atoms with E-state index in [9.17, 15) is 0 Å². The number of anilines is 1. The van der Waals surface area contributed by atoms with E-state index in [2.05, 4.69) is 14.9 Å². The molecule has 1 heterocycles. The summed E-state index contributed by atoms with van der Waals surface area (Å²) in [6.07, 6.45) is 0.818. The molecule has 1 aliphatic heterocycles. The van der Waals surface area contributed by atoms with Crippen molar-refractivity contribution >= 4 is 46.2 Å². The monoisotopic (exact) mass is 418 g/mol. The number of hydroxylamine groups is 2. The Morgan fingerprint density at radius 2 is 1.88 bits per heavy atom. The Hall–Kier alpha value is -1.51. The zero-order chi connectivity index (χ0) is 17.0. The van der Waals surface area contributed by atoms with E-state index in [1.165, 1.54) is 5.06 Å². The number of benzene rings is 1. The second-order valence-electron chi connectivity index (χ2n) is 5.81. The van der Waals surface area contributed by atoms with Crippen LogP contribution in [0.5, 0.6) is 0 Å². The van der Waals surface area contributed by atoms with Gasteiger partial charge in [-0.2, -0.15) is 10.1 Å². The van der Waals surface area contributed by atoms with Gasteiger partial charge in [0, 0.05) is 24.3 Å². The van der Waals surface area contributed by atoms with Gasteiger partial charge in [0.2, 0.25) is 11.9 Å². The van der Waals surface area contributed by atoms with Gasteiger partial charge in [0.25, 0.3) is 0 Å². The number of nitrogens with two attached hydrogens (primary N) is 2. The Kier molecular flexibility index (Phi) is 7.31. The van der Waals surface area contributed by atoms with Crippen LogP contribution in [0, 0.1) is 0 Å². The maximum absolute atomic E-state index is 5.89. The standard InChI is InChI=1S/C15H23ClN6O.BrH/c1-15(2)20-13(17)19-14(18)22(15)23-10-4-9-21(3)12-7-5-11(16)6-8-12;/h5-8H,4,9-10H2,1-3H3,(H4,17,18,19,20);1H. The van der Waals surface area contributed by atoms with Gasteiger partial charge in [-0.05, 0) is 44.5 Å². The van der Waals surface area contributed by atoms with Gasteiger partial charge in [0.05, 0.1) is 6.61 Å². The number of aliphatic imine (C=N–C) groups is 2. The first kappa shape index (κ1) is 20.5. The smallest absolute Gasteiger partial charge is 0.226 e. The molecule has 7 nitrogen and oxygen atoms in total. The molecule has 0 aromatic heterocycles. The number of rotatable bonds is 6. The van der Waals surface area contributed by atoms with E-state index < -0.39 is 5.66 Å². The van der Waals surface area contributed by atoms with E-state index in [1.807, 2.05) is 45.2 Å². The van der Waals surface area contributed by atoms with Gasteiger partial charge < -0.3 is 16.4 Å². The largest absolute Gasteiger partial charge is 0.375 e. The third-order valence-corrected chi connectivity index (χ3v) is 3.70. The molecule has 4 N–H and O–H groups in total. The van der Waals surface area contributed by atoms with Crippen LogP contribution >= 0.6 is 28.6 Å². The number of guanidine groups is 2. The van der Waals surface area contributed by atoms with Crippen LogP contribution < -0.4 is 16.4 Å². The second kappa shape index (κ2) is 8.55. The summed E-state index contributed by atoms with van der Waals surface area (Å²) in [5, 5.41) is 2.22. The fraction of sp³-hybridized carbons (Fsp3) is 0.467. The molecule has 0 spiro atoms. The molecule has 0 bridgehead atoms. The molecule has 0 radical (unpaired) electrons. The summed E-state index contributed by atoms with van der Waals surface area (Å²) >= 11 is 5.89. The maximum Gasteiger partial charge on any atom is 0.226 e. The molecule has 0 saturated heterocycles. The van der Waals surface area contributed by atoms with Crippen LogP contribution in [0.3, 0.4) is 0 Å². The number of hydrogen-bond acceptors (Lipinski definition) is 7. The highest BCUT2D eigenvalue weighted by Gasteiger charge is 2.32. The molecule has 0 saturated carbocycles. The van der Waals surface area contributed by atoms with E-state index in [4.69, 9.17) is 27.9 Å². The van der Waals surface area contributed by atoms with Crippen molar-refractivity contribution in [2.24, 2.45) is 21.5 Å². The molecule has 2 rings (SSSR count). The molecule has 134 valence electrons. The molecular formula is C15H24BrClN6O. The van der Waals surface area contributed by atoms with E-state index >= 15 is 0 Å². The minimum Gasteiger partial charge on any atom is -0.375 e. The first-order valence-electron chi connectivity index (χ1n) is 7.39. The Bertz CT molecular complexity index is 604. The first-order valence-corrected chi connectivity index (χ1v) is 7.77. The van der Waals surface area contributed by atoms with Gasteiger partial charge in [-0.3, -0.25) is 4.84 Å². The Morgan fingerprint density at radius 3 is 2.46 bits per heavy atom. The molecule has 1 aromatic rings. The highest BCUT2D eigenvalue weighted by molar-refractivity contribution is 8.93. The highest BCUT2D eigenvalue weighted by Crippen LogP contribution is 2.20. The lowest BCUT2D eigenvalue weighted by molar-refractivity contribution is -0.157. The quantitative estimate of drug-likeness (QED) is 0.691. The van der Waals surface area contributed by atoms with Crippen molar-refractivity contribution in [3.05, 3.63) is 29.3 Å². The van der Waals surface area contributed by atoms with Gasteiger partial charge in [0.15, 0.2) is 5.66 Å². The minimum atomic E-state index is -0.669. The summed E-state index contributed by atoms with van der Waals surface area (Å²) in [7, 11) is 2.02. The summed E-state index contributed by atoms with van der Waals surface area (Å²) in [6.45, 7) is 5.05. The molecule has 0 unspecified atom stereocenters. The van der Waals surface area contributed by atoms with Gasteiger partial charge >= 0.3 is 0 Å². The predicted octanol–water partition coefficient (Wildman–Crippen LogP) is 2.36. The molecule has 9 heteroatoms. The average Bonchev–Trinajstić information content (AvgIpc) is 2.45. The van der Waals surface area contributed by atoms with Crippen molar-refractivity contribution < 1.29 is 4.84 Å². The normalized spacial score (nSPS) is 16.1. The second-order valence-corrected chi connectivity index (χ2v) is 6.25. The van der Waals surface area contributed by atoms with Crippen LogP contribution in [-0.4, -0.2) is 42.8 Å². The summed E-state index contributed by atoms with van der Waals surface area (Å²) in [5.41, 5.74) is 11.9. The van der Waals surface area contributed by atoms with Crippen LogP contribution in [-0.2, 0) is 4.84 Å². The summed E-state index contributed by atoms with van der Waals surface area (Å²) < 4.78 is 0. The van der Waals surface area contributed by atoms with Crippen molar-refractivity contribution in [1.82, 2.24) is 5.06 Å². The average molecular weight is 420 g/mol. The Balaban J connectivity index is 0.00000288. The number of hydrogen-bond donors (Lipinski definition) is 2. The van der Waals surface area contributed by atoms with E-state index in [-0.39, 0.29) is 28.9 Å². The lowest BCUT2D eigenvalue weighted by Crippen LogP contribution is -2.53. The number of halogens is 2. The van der Waals surface area contributed by atoms with Crippen molar-refractivity contribution in [3.63, 3.8) is 0 Å². The lowest BCUT2D eigenvalue weighted by atomic mass is 10.2. The highest BCUT2D eigenvalue weighted by atomic mass is 79.9. The number of nitrogens with zero attached hydrogens (tertiary/aromatic N) is 4. The van der Waals surface area contributed by atoms with Gasteiger partial charge in [-0.25, -0.2) is 4.99 Å². The zero-order valence-corrected chi connectivity index (χ0v) is 16.5. The Morgan fingerprint density at radius 1 is 1.25 bits per heavy atom. The predicted molar refractivity (Wildman–Crippen MR) is 105 cm³/mol. The van der Waals surface area contributed by atoms with E-state index in [0.717, 1.165) is 23.7 Å². The van der Waals surface area contributed by atoms with Crippen molar-refractivity contribution in [3.8, 4) is 0 Å². The van der Waals surface area contributed by atoms with Gasteiger partial charge in [0.1, 0.15) is 0 Å². The molecule has 0 aliphatic carbocycles. The Labute approximate surface area is 158 Å². The van der Waals surface area contributed by atoms with Crippen molar-refractivity contribution in [2.75, 3.05) is 25.1 Å². The SMILES string of the molecule is Br.CN(CCCON1C(N)=NC(N)=NC1(C)C)c1ccc(Cl)cc1. The summed E-state index contributed by atoms with van der Waals surface area (Å²) in [6, 6.07) is 7.72. The van der Waals surface area contributed by atoms with Crippen LogP contribution in [0.25, 0.3) is 0 Å². The van der Waals surface area contributed by atoms with Crippen molar-refractivity contribution in [2.45, 2.75) is 25.9 Å². The van der Waals surface area contributed by atoms with Gasteiger partial charge in [-0.1, -0.05) is 11.6 Å². The zero-order valence-electron chi connectivity index (χ0n) is 14.1. The third kappa shape index (κ3) is 5.25. The summed E-state index contributed by atoms with van der Waals surface area (Å²) in [4.78, 5) is 16.0. The molecule has 1 aliphatic rings. The molecule has 0 amide bonds. The molecular weight excluding hydrogens is 396 g/mol. The first-order chi connectivity index (χ1) is 10.8. The molecule has 1 aromatic carbocycles. The third-order valence-electron chi connectivity index (χ3n) is 3.45. The maximum atomic E-state index is 5.89. The van der Waals surface area contributed by atoms with E-state index in [1.54, 1.807) is 0 Å². The van der Waals surface area contributed by atoms with Crippen molar-refractivity contribution in [1.29, 1.82) is 0 Å². The van der Waals surface area contributed by atoms with Crippen LogP contribution in [0.4, 0.5) is 5.69 Å². The van der Waals surface area contributed by atoms with Gasteiger partial charge in [-0.15, -0.1) is 17.0 Å². The summed E-state index contributed by atoms with van der Waals surface area (Å²) in [5.74, 6) is 0.378. The van der Waals surface area contributed by atoms with Crippen LogP contribution in [0.15, 0.2) is 34.3 Å². The van der Waals surface area contributed by atoms with Crippen LogP contribution in [0.2, 0.25) is 5.02 Å². The fourth-order valence-corrected chi connectivity index (χ4v) is 2.43. The topological polar surface area (TPSA) is 92.5 Å². The fourth-order valence-electron chi connectivity index (χ4n) is 2.30. The minimum absolute atomic E-state index is 0. The molecule has 0 atom stereocenters. The molecule has 24 heavy (non-hydrogen) atoms. The van der Waals surface area contributed by atoms with E-state index in [0.29, 0.717) is 6.61 Å². The van der Waals surface area contributed by atoms with Crippen LogP contribution in [0.1, 0.15) is 20.3 Å². The molecule has 0 fully saturated rings. The lowest BCUT2D eigenvalue weighted by Gasteiger charge is -2.36.